The minimum Gasteiger partial charge on any atom is -0.379 e. The fourth-order valence-corrected chi connectivity index (χ4v) is 2.05. The van der Waals surface area contributed by atoms with E-state index in [9.17, 15) is 0 Å². The van der Waals surface area contributed by atoms with Crippen molar-refractivity contribution in [2.45, 2.75) is 24.7 Å². The molecule has 96 valence electrons. The minimum atomic E-state index is 0.319. The van der Waals surface area contributed by atoms with Gasteiger partial charge in [0.2, 0.25) is 0 Å². The topological polar surface area (TPSA) is 43.2 Å². The van der Waals surface area contributed by atoms with Gasteiger partial charge in [-0.2, -0.15) is 0 Å². The van der Waals surface area contributed by atoms with Gasteiger partial charge in [0, 0.05) is 25.8 Å². The summed E-state index contributed by atoms with van der Waals surface area (Å²) in [5.74, 6) is 0. The zero-order valence-corrected chi connectivity index (χ0v) is 11.8. The molecule has 2 heterocycles. The summed E-state index contributed by atoms with van der Waals surface area (Å²) in [6.07, 6.45) is 3.06. The van der Waals surface area contributed by atoms with Gasteiger partial charge in [-0.1, -0.05) is 28.1 Å². The van der Waals surface area contributed by atoms with E-state index in [1.54, 1.807) is 0 Å². The van der Waals surface area contributed by atoms with Crippen LogP contribution in [-0.2, 0) is 11.3 Å². The molecule has 1 aromatic heterocycles. The van der Waals surface area contributed by atoms with Gasteiger partial charge >= 0.3 is 0 Å². The van der Waals surface area contributed by atoms with Gasteiger partial charge in [0.05, 0.1) is 30.3 Å². The lowest BCUT2D eigenvalue weighted by atomic mass is 10.3. The van der Waals surface area contributed by atoms with Crippen LogP contribution in [0.4, 0.5) is 0 Å². The Bertz CT molecular complexity index is 338. The molecule has 6 heteroatoms. The first-order valence-electron chi connectivity index (χ1n) is 6.13. The zero-order valence-electron chi connectivity index (χ0n) is 10.2. The monoisotopic (exact) mass is 302 g/mol. The molecule has 1 unspecified atom stereocenters. The van der Waals surface area contributed by atoms with Crippen LogP contribution in [0, 0.1) is 0 Å². The third-order valence-corrected chi connectivity index (χ3v) is 4.10. The van der Waals surface area contributed by atoms with E-state index in [1.807, 2.05) is 10.9 Å². The highest BCUT2D eigenvalue weighted by molar-refractivity contribution is 9.09. The van der Waals surface area contributed by atoms with E-state index in [-0.39, 0.29) is 0 Å². The van der Waals surface area contributed by atoms with Crippen molar-refractivity contribution in [1.82, 2.24) is 19.9 Å². The Morgan fingerprint density at radius 2 is 2.18 bits per heavy atom. The van der Waals surface area contributed by atoms with Crippen molar-refractivity contribution in [3.63, 3.8) is 0 Å². The van der Waals surface area contributed by atoms with E-state index in [2.05, 4.69) is 38.1 Å². The smallest absolute Gasteiger partial charge is 0.0963 e. The number of hydrogen-bond acceptors (Lipinski definition) is 4. The van der Waals surface area contributed by atoms with Crippen LogP contribution in [0.15, 0.2) is 6.20 Å². The molecule has 0 aliphatic carbocycles. The van der Waals surface area contributed by atoms with Crippen LogP contribution in [0.5, 0.6) is 0 Å². The van der Waals surface area contributed by atoms with Crippen LogP contribution in [0.1, 0.15) is 23.9 Å². The number of rotatable bonds is 5. The molecular weight excluding hydrogens is 284 g/mol. The molecule has 5 nitrogen and oxygen atoms in total. The van der Waals surface area contributed by atoms with Crippen LogP contribution in [0.2, 0.25) is 0 Å². The first kappa shape index (κ1) is 13.0. The second-order valence-electron chi connectivity index (χ2n) is 4.24. The fraction of sp³-hybridized carbons (Fsp3) is 0.818. The maximum Gasteiger partial charge on any atom is 0.0963 e. The summed E-state index contributed by atoms with van der Waals surface area (Å²) in [6.45, 7) is 7.80. The summed E-state index contributed by atoms with van der Waals surface area (Å²) < 4.78 is 7.24. The molecule has 1 atom stereocenters. The standard InChI is InChI=1S/C11H19BrN4O/c1-2-10(12)11-9-16(14-13-11)4-3-15-5-7-17-8-6-15/h9-10H,2-8H2,1H3. The Balaban J connectivity index is 1.80. The molecule has 0 bridgehead atoms. The largest absolute Gasteiger partial charge is 0.379 e. The molecule has 1 aromatic rings. The molecule has 0 saturated carbocycles. The Labute approximate surface area is 110 Å². The molecule has 1 fully saturated rings. The summed E-state index contributed by atoms with van der Waals surface area (Å²) in [5.41, 5.74) is 1.02. The molecule has 1 saturated heterocycles. The Morgan fingerprint density at radius 3 is 2.88 bits per heavy atom. The van der Waals surface area contributed by atoms with E-state index in [0.717, 1.165) is 51.5 Å². The second-order valence-corrected chi connectivity index (χ2v) is 5.34. The lowest BCUT2D eigenvalue weighted by Gasteiger charge is -2.26. The van der Waals surface area contributed by atoms with Crippen molar-refractivity contribution >= 4 is 15.9 Å². The lowest BCUT2D eigenvalue weighted by Crippen LogP contribution is -2.38. The second kappa shape index (κ2) is 6.47. The molecule has 0 amide bonds. The fourth-order valence-electron chi connectivity index (χ4n) is 1.84. The Kier molecular flexibility index (Phi) is 4.94. The van der Waals surface area contributed by atoms with E-state index < -0.39 is 0 Å². The van der Waals surface area contributed by atoms with Gasteiger partial charge in [-0.25, -0.2) is 0 Å². The summed E-state index contributed by atoms with van der Waals surface area (Å²) in [7, 11) is 0. The first-order valence-corrected chi connectivity index (χ1v) is 7.05. The number of aromatic nitrogens is 3. The average Bonchev–Trinajstić information content (AvgIpc) is 2.85. The van der Waals surface area contributed by atoms with Crippen molar-refractivity contribution in [3.05, 3.63) is 11.9 Å². The number of nitrogens with zero attached hydrogens (tertiary/aromatic N) is 4. The third kappa shape index (κ3) is 3.76. The number of hydrogen-bond donors (Lipinski definition) is 0. The van der Waals surface area contributed by atoms with Crippen molar-refractivity contribution in [1.29, 1.82) is 0 Å². The average molecular weight is 303 g/mol. The molecular formula is C11H19BrN4O. The van der Waals surface area contributed by atoms with Gasteiger partial charge in [-0.3, -0.25) is 9.58 Å². The molecule has 0 spiro atoms. The minimum absolute atomic E-state index is 0.319. The van der Waals surface area contributed by atoms with Gasteiger partial charge in [-0.15, -0.1) is 5.10 Å². The number of morpholine rings is 1. The van der Waals surface area contributed by atoms with Crippen LogP contribution in [-0.4, -0.2) is 52.7 Å². The SMILES string of the molecule is CCC(Br)c1cn(CCN2CCOCC2)nn1. The molecule has 17 heavy (non-hydrogen) atoms. The molecule has 0 N–H and O–H groups in total. The highest BCUT2D eigenvalue weighted by Gasteiger charge is 2.12. The highest BCUT2D eigenvalue weighted by atomic mass is 79.9. The summed E-state index contributed by atoms with van der Waals surface area (Å²) in [6, 6.07) is 0. The Hall–Kier alpha value is -0.460. The van der Waals surface area contributed by atoms with Crippen molar-refractivity contribution < 1.29 is 4.74 Å². The maximum absolute atomic E-state index is 5.32. The number of halogens is 1. The van der Waals surface area contributed by atoms with Crippen molar-refractivity contribution in [2.75, 3.05) is 32.8 Å². The summed E-state index contributed by atoms with van der Waals surface area (Å²) in [4.78, 5) is 2.72. The van der Waals surface area contributed by atoms with Gasteiger partial charge in [0.15, 0.2) is 0 Å². The van der Waals surface area contributed by atoms with Crippen LogP contribution >= 0.6 is 15.9 Å². The van der Waals surface area contributed by atoms with Gasteiger partial charge in [-0.05, 0) is 6.42 Å². The predicted molar refractivity (Wildman–Crippen MR) is 69.2 cm³/mol. The van der Waals surface area contributed by atoms with Gasteiger partial charge < -0.3 is 4.74 Å². The predicted octanol–water partition coefficient (Wildman–Crippen LogP) is 1.46. The van der Waals surface area contributed by atoms with Gasteiger partial charge in [0.1, 0.15) is 0 Å². The quantitative estimate of drug-likeness (QED) is 0.772. The zero-order chi connectivity index (χ0) is 12.1. The molecule has 1 aliphatic rings. The molecule has 1 aliphatic heterocycles. The highest BCUT2D eigenvalue weighted by Crippen LogP contribution is 2.23. The van der Waals surface area contributed by atoms with E-state index in [1.165, 1.54) is 0 Å². The first-order chi connectivity index (χ1) is 8.29. The van der Waals surface area contributed by atoms with E-state index >= 15 is 0 Å². The van der Waals surface area contributed by atoms with Crippen LogP contribution in [0.25, 0.3) is 0 Å². The number of ether oxygens (including phenoxy) is 1. The molecule has 0 radical (unpaired) electrons. The van der Waals surface area contributed by atoms with Gasteiger partial charge in [0.25, 0.3) is 0 Å². The maximum atomic E-state index is 5.32. The Morgan fingerprint density at radius 1 is 1.41 bits per heavy atom. The summed E-state index contributed by atoms with van der Waals surface area (Å²) in [5, 5.41) is 8.32. The van der Waals surface area contributed by atoms with E-state index in [0.29, 0.717) is 4.83 Å². The third-order valence-electron chi connectivity index (χ3n) is 2.98. The lowest BCUT2D eigenvalue weighted by molar-refractivity contribution is 0.0359. The van der Waals surface area contributed by atoms with E-state index in [4.69, 9.17) is 4.74 Å². The number of alkyl halides is 1. The van der Waals surface area contributed by atoms with Crippen LogP contribution in [0.3, 0.4) is 0 Å². The molecule has 2 rings (SSSR count). The molecule has 0 aromatic carbocycles. The summed E-state index contributed by atoms with van der Waals surface area (Å²) >= 11 is 3.58. The normalized spacial score (nSPS) is 19.4. The van der Waals surface area contributed by atoms with Crippen molar-refractivity contribution in [2.24, 2.45) is 0 Å². The van der Waals surface area contributed by atoms with Crippen LogP contribution < -0.4 is 0 Å². The van der Waals surface area contributed by atoms with Crippen molar-refractivity contribution in [3.8, 4) is 0 Å².